The van der Waals surface area contributed by atoms with Gasteiger partial charge in [0.2, 0.25) is 5.91 Å². The summed E-state index contributed by atoms with van der Waals surface area (Å²) in [6.07, 6.45) is 5.11. The zero-order chi connectivity index (χ0) is 23.9. The van der Waals surface area contributed by atoms with E-state index in [1.807, 2.05) is 61.7 Å². The van der Waals surface area contributed by atoms with Gasteiger partial charge in [-0.1, -0.05) is 23.8 Å². The fourth-order valence-corrected chi connectivity index (χ4v) is 4.76. The molecule has 0 bridgehead atoms. The fraction of sp³-hybridized carbons (Fsp3) is 0.407. The molecule has 0 radical (unpaired) electrons. The van der Waals surface area contributed by atoms with Gasteiger partial charge in [-0.2, -0.15) is 0 Å². The van der Waals surface area contributed by atoms with Crippen LogP contribution in [0.15, 0.2) is 47.8 Å². The lowest BCUT2D eigenvalue weighted by molar-refractivity contribution is -0.121. The topological polar surface area (TPSA) is 69.7 Å². The number of hydrogen-bond donors (Lipinski definition) is 1. The van der Waals surface area contributed by atoms with E-state index in [-0.39, 0.29) is 24.5 Å². The largest absolute Gasteiger partial charge is 0.493 e. The Labute approximate surface area is 205 Å². The third-order valence-corrected chi connectivity index (χ3v) is 6.86. The molecule has 1 aliphatic rings. The van der Waals surface area contributed by atoms with Crippen LogP contribution in [0.2, 0.25) is 0 Å². The Hall–Kier alpha value is -3.06. The van der Waals surface area contributed by atoms with Crippen molar-refractivity contribution in [2.24, 2.45) is 0 Å². The predicted octanol–water partition coefficient (Wildman–Crippen LogP) is 5.78. The molecule has 1 aromatic heterocycles. The van der Waals surface area contributed by atoms with E-state index in [2.05, 4.69) is 10.3 Å². The Bertz CT molecular complexity index is 1090. The van der Waals surface area contributed by atoms with Gasteiger partial charge in [-0.05, 0) is 69.4 Å². The Balaban J connectivity index is 1.29. The van der Waals surface area contributed by atoms with E-state index in [9.17, 15) is 4.79 Å². The van der Waals surface area contributed by atoms with Gasteiger partial charge in [0.1, 0.15) is 17.4 Å². The lowest BCUT2D eigenvalue weighted by Gasteiger charge is -2.19. The monoisotopic (exact) mass is 480 g/mol. The minimum Gasteiger partial charge on any atom is -0.493 e. The van der Waals surface area contributed by atoms with Crippen LogP contribution in [0.3, 0.4) is 0 Å². The number of methoxy groups -OCH3 is 1. The van der Waals surface area contributed by atoms with E-state index < -0.39 is 0 Å². The maximum Gasteiger partial charge on any atom is 0.226 e. The van der Waals surface area contributed by atoms with Crippen LogP contribution in [0.4, 0.5) is 0 Å². The van der Waals surface area contributed by atoms with Crippen molar-refractivity contribution in [1.82, 2.24) is 10.3 Å². The van der Waals surface area contributed by atoms with Crippen LogP contribution in [0.5, 0.6) is 17.2 Å². The highest BCUT2D eigenvalue weighted by Gasteiger charge is 2.20. The van der Waals surface area contributed by atoms with Gasteiger partial charge in [0.25, 0.3) is 0 Å². The van der Waals surface area contributed by atoms with Crippen molar-refractivity contribution in [2.45, 2.75) is 64.7 Å². The van der Waals surface area contributed by atoms with Gasteiger partial charge in [0.05, 0.1) is 31.4 Å². The summed E-state index contributed by atoms with van der Waals surface area (Å²) in [6, 6.07) is 13.6. The zero-order valence-electron chi connectivity index (χ0n) is 20.0. The molecule has 4 rings (SSSR count). The van der Waals surface area contributed by atoms with Gasteiger partial charge in [-0.25, -0.2) is 4.98 Å². The number of nitrogens with one attached hydrogen (secondary N) is 1. The molecule has 6 nitrogen and oxygen atoms in total. The number of carbonyl (C=O) groups is 1. The molecule has 1 atom stereocenters. The molecular weight excluding hydrogens is 448 g/mol. The Morgan fingerprint density at radius 1 is 1.15 bits per heavy atom. The first-order valence-electron chi connectivity index (χ1n) is 11.8. The molecule has 0 aliphatic heterocycles. The molecule has 7 heteroatoms. The van der Waals surface area contributed by atoms with E-state index in [0.717, 1.165) is 40.6 Å². The lowest BCUT2D eigenvalue weighted by Crippen LogP contribution is -2.28. The molecule has 1 saturated carbocycles. The van der Waals surface area contributed by atoms with Crippen molar-refractivity contribution < 1.29 is 19.0 Å². The maximum atomic E-state index is 12.6. The smallest absolute Gasteiger partial charge is 0.226 e. The summed E-state index contributed by atoms with van der Waals surface area (Å²) in [5.74, 6) is 2.20. The Kier molecular flexibility index (Phi) is 8.06. The summed E-state index contributed by atoms with van der Waals surface area (Å²) in [5.41, 5.74) is 2.90. The van der Waals surface area contributed by atoms with E-state index in [0.29, 0.717) is 12.4 Å². The summed E-state index contributed by atoms with van der Waals surface area (Å²) in [7, 11) is 1.65. The highest BCUT2D eigenvalue weighted by molar-refractivity contribution is 7.09. The Morgan fingerprint density at radius 2 is 1.91 bits per heavy atom. The summed E-state index contributed by atoms with van der Waals surface area (Å²) >= 11 is 1.50. The van der Waals surface area contributed by atoms with Gasteiger partial charge in [-0.3, -0.25) is 4.79 Å². The lowest BCUT2D eigenvalue weighted by atomic mass is 10.1. The number of hydrogen-bond acceptors (Lipinski definition) is 6. The molecule has 2 aromatic carbocycles. The van der Waals surface area contributed by atoms with E-state index in [1.165, 1.54) is 29.7 Å². The number of benzene rings is 2. The van der Waals surface area contributed by atoms with Gasteiger partial charge in [0, 0.05) is 5.38 Å². The van der Waals surface area contributed by atoms with Gasteiger partial charge >= 0.3 is 0 Å². The molecule has 1 fully saturated rings. The number of rotatable bonds is 10. The highest BCUT2D eigenvalue weighted by Crippen LogP contribution is 2.33. The average Bonchev–Trinajstić information content (AvgIpc) is 3.51. The summed E-state index contributed by atoms with van der Waals surface area (Å²) < 4.78 is 17.5. The van der Waals surface area contributed by atoms with E-state index in [4.69, 9.17) is 14.2 Å². The molecule has 1 aliphatic carbocycles. The third kappa shape index (κ3) is 6.50. The molecule has 0 saturated heterocycles. The number of carbonyl (C=O) groups excluding carboxylic acids is 1. The third-order valence-electron chi connectivity index (χ3n) is 5.99. The van der Waals surface area contributed by atoms with Crippen molar-refractivity contribution in [1.29, 1.82) is 0 Å². The molecule has 1 amide bonds. The molecular formula is C27H32N2O4S. The van der Waals surface area contributed by atoms with E-state index >= 15 is 0 Å². The van der Waals surface area contributed by atoms with Crippen LogP contribution in [0, 0.1) is 6.92 Å². The summed E-state index contributed by atoms with van der Waals surface area (Å²) in [4.78, 5) is 17.2. The normalized spacial score (nSPS) is 14.6. The first-order valence-corrected chi connectivity index (χ1v) is 12.6. The average molecular weight is 481 g/mol. The first kappa shape index (κ1) is 24.1. The van der Waals surface area contributed by atoms with Crippen LogP contribution < -0.4 is 19.5 Å². The molecule has 1 heterocycles. The van der Waals surface area contributed by atoms with Gasteiger partial charge in [0.15, 0.2) is 11.5 Å². The van der Waals surface area contributed by atoms with Crippen molar-refractivity contribution in [3.05, 3.63) is 69.7 Å². The number of aromatic nitrogens is 1. The maximum absolute atomic E-state index is 12.6. The SMILES string of the molecule is COc1cc(C(C)NC(=O)Cc2csc(COc3ccc(C)cc3)n2)ccc1OC1CCCC1. The number of aryl methyl sites for hydroxylation is 1. The molecule has 3 aromatic rings. The van der Waals surface area contributed by atoms with Crippen molar-refractivity contribution in [3.8, 4) is 17.2 Å². The summed E-state index contributed by atoms with van der Waals surface area (Å²) in [6.45, 7) is 4.40. The minimum atomic E-state index is -0.162. The molecule has 180 valence electrons. The number of thiazole rings is 1. The second-order valence-electron chi connectivity index (χ2n) is 8.73. The molecule has 0 spiro atoms. The number of ether oxygens (including phenoxy) is 3. The number of amides is 1. The predicted molar refractivity (Wildman–Crippen MR) is 134 cm³/mol. The first-order chi connectivity index (χ1) is 16.5. The van der Waals surface area contributed by atoms with Crippen LogP contribution in [-0.4, -0.2) is 24.1 Å². The van der Waals surface area contributed by atoms with Crippen LogP contribution in [0.25, 0.3) is 0 Å². The highest BCUT2D eigenvalue weighted by atomic mass is 32.1. The fourth-order valence-electron chi connectivity index (χ4n) is 4.05. The molecule has 34 heavy (non-hydrogen) atoms. The van der Waals surface area contributed by atoms with Gasteiger partial charge in [-0.15, -0.1) is 11.3 Å². The summed E-state index contributed by atoms with van der Waals surface area (Å²) in [5, 5.41) is 5.82. The van der Waals surface area contributed by atoms with Crippen LogP contribution in [-0.2, 0) is 17.8 Å². The van der Waals surface area contributed by atoms with E-state index in [1.54, 1.807) is 7.11 Å². The second-order valence-corrected chi connectivity index (χ2v) is 9.68. The quantitative estimate of drug-likeness (QED) is 0.398. The molecule has 1 unspecified atom stereocenters. The number of nitrogens with zero attached hydrogens (tertiary/aromatic N) is 1. The second kappa shape index (κ2) is 11.4. The zero-order valence-corrected chi connectivity index (χ0v) is 20.8. The molecule has 1 N–H and O–H groups in total. The van der Waals surface area contributed by atoms with Crippen molar-refractivity contribution >= 4 is 17.2 Å². The van der Waals surface area contributed by atoms with Crippen LogP contribution >= 0.6 is 11.3 Å². The van der Waals surface area contributed by atoms with Crippen molar-refractivity contribution in [2.75, 3.05) is 7.11 Å². The minimum absolute atomic E-state index is 0.0750. The van der Waals surface area contributed by atoms with Crippen LogP contribution in [0.1, 0.15) is 60.5 Å². The van der Waals surface area contributed by atoms with Crippen molar-refractivity contribution in [3.63, 3.8) is 0 Å². The Morgan fingerprint density at radius 3 is 2.65 bits per heavy atom. The standard InChI is InChI=1S/C27H32N2O4S/c1-18-8-11-22(12-9-18)32-16-27-29-21(17-34-27)15-26(30)28-19(2)20-10-13-24(25(14-20)31-3)33-23-6-4-5-7-23/h8-14,17,19,23H,4-7,15-16H2,1-3H3,(H,28,30). The van der Waals surface area contributed by atoms with Gasteiger partial charge < -0.3 is 19.5 Å².